The fourth-order valence-corrected chi connectivity index (χ4v) is 2.45. The van der Waals surface area contributed by atoms with E-state index in [2.05, 4.69) is 10.6 Å². The van der Waals surface area contributed by atoms with E-state index >= 15 is 0 Å². The van der Waals surface area contributed by atoms with Crippen LogP contribution >= 0.6 is 23.2 Å². The number of alkyl carbamates (subject to hydrolysis) is 1. The van der Waals surface area contributed by atoms with Gasteiger partial charge in [-0.2, -0.15) is 8.78 Å². The van der Waals surface area contributed by atoms with E-state index in [-0.39, 0.29) is 12.1 Å². The zero-order valence-electron chi connectivity index (χ0n) is 15.5. The van der Waals surface area contributed by atoms with Gasteiger partial charge in [-0.3, -0.25) is 4.79 Å². The first-order valence-electron chi connectivity index (χ1n) is 8.46. The lowest BCUT2D eigenvalue weighted by Crippen LogP contribution is -2.44. The van der Waals surface area contributed by atoms with Crippen molar-refractivity contribution < 1.29 is 23.1 Å². The van der Waals surface area contributed by atoms with Crippen molar-refractivity contribution in [1.82, 2.24) is 10.6 Å². The summed E-state index contributed by atoms with van der Waals surface area (Å²) in [6.45, 7) is 7.56. The van der Waals surface area contributed by atoms with E-state index in [0.29, 0.717) is 5.02 Å². The van der Waals surface area contributed by atoms with Gasteiger partial charge in [-0.25, -0.2) is 4.79 Å². The molecule has 2 N–H and O–H groups in total. The van der Waals surface area contributed by atoms with Gasteiger partial charge in [0.25, 0.3) is 5.24 Å². The number of piperidine rings is 1. The second-order valence-corrected chi connectivity index (χ2v) is 7.81. The van der Waals surface area contributed by atoms with Crippen molar-refractivity contribution in [1.29, 1.82) is 0 Å². The highest BCUT2D eigenvalue weighted by Gasteiger charge is 2.39. The topological polar surface area (TPSA) is 67.4 Å². The Morgan fingerprint density at radius 3 is 2.11 bits per heavy atom. The fraction of sp³-hybridized carbons (Fsp3) is 0.556. The molecule has 0 aliphatic carbocycles. The second-order valence-electron chi connectivity index (χ2n) is 7.03. The minimum atomic E-state index is -3.65. The highest BCUT2D eigenvalue weighted by atomic mass is 35.5. The Morgan fingerprint density at radius 1 is 1.15 bits per heavy atom. The summed E-state index contributed by atoms with van der Waals surface area (Å²) in [5.74, 6) is -3.65. The molecule has 1 fully saturated rings. The summed E-state index contributed by atoms with van der Waals surface area (Å²) in [6, 6.07) is 4.92. The summed E-state index contributed by atoms with van der Waals surface area (Å²) in [5.41, 5.74) is -0.867. The van der Waals surface area contributed by atoms with Crippen LogP contribution in [0.1, 0.15) is 39.2 Å². The predicted molar refractivity (Wildman–Crippen MR) is 101 cm³/mol. The number of hydrogen-bond donors (Lipinski definition) is 2. The van der Waals surface area contributed by atoms with Gasteiger partial charge in [-0.1, -0.05) is 23.7 Å². The molecular weight excluding hydrogens is 401 g/mol. The molecule has 0 radical (unpaired) electrons. The third-order valence-corrected chi connectivity index (χ3v) is 4.00. The minimum Gasteiger partial charge on any atom is -0.444 e. The van der Waals surface area contributed by atoms with Gasteiger partial charge < -0.3 is 15.4 Å². The molecule has 0 unspecified atom stereocenters. The molecular formula is C18H24Cl2F2N2O3. The molecule has 27 heavy (non-hydrogen) atoms. The Bertz CT molecular complexity index is 628. The number of carbonyl (C=O) groups excluding carboxylic acids is 2. The van der Waals surface area contributed by atoms with Gasteiger partial charge in [0.2, 0.25) is 0 Å². The summed E-state index contributed by atoms with van der Waals surface area (Å²) < 4.78 is 30.9. The third kappa shape index (κ3) is 8.86. The standard InChI is InChI=1S/C10H20N2O2.C8H4Cl2F2O/c1-10(2,3)14-9(13)12-8-4-6-11-7-5-8;9-6-3-1-5(2-4-6)8(11,12)7(10)13/h8,11H,4-7H2,1-3H3,(H,12,13);1-4H. The number of rotatable bonds is 3. The van der Waals surface area contributed by atoms with Crippen molar-refractivity contribution in [3.05, 3.63) is 34.9 Å². The Hall–Kier alpha value is -1.44. The normalized spacial score (nSPS) is 15.4. The van der Waals surface area contributed by atoms with Crippen LogP contribution in [0.3, 0.4) is 0 Å². The molecule has 152 valence electrons. The maximum atomic E-state index is 12.9. The number of alkyl halides is 2. The zero-order chi connectivity index (χ0) is 20.7. The van der Waals surface area contributed by atoms with Gasteiger partial charge in [-0.15, -0.1) is 0 Å². The molecule has 1 amide bonds. The van der Waals surface area contributed by atoms with Crippen LogP contribution in [0, 0.1) is 0 Å². The van der Waals surface area contributed by atoms with E-state index in [9.17, 15) is 18.4 Å². The number of carbonyl (C=O) groups is 2. The van der Waals surface area contributed by atoms with Gasteiger partial charge in [0.15, 0.2) is 0 Å². The highest BCUT2D eigenvalue weighted by Crippen LogP contribution is 2.30. The molecule has 1 aliphatic rings. The number of halogens is 4. The molecule has 1 aromatic rings. The van der Waals surface area contributed by atoms with Crippen molar-refractivity contribution in [3.8, 4) is 0 Å². The average Bonchev–Trinajstić information content (AvgIpc) is 2.55. The van der Waals surface area contributed by atoms with E-state index in [1.54, 1.807) is 0 Å². The summed E-state index contributed by atoms with van der Waals surface area (Å²) in [6.07, 6.45) is 1.67. The SMILES string of the molecule is CC(C)(C)OC(=O)NC1CCNCC1.O=C(Cl)C(F)(F)c1ccc(Cl)cc1. The van der Waals surface area contributed by atoms with Gasteiger partial charge in [-0.05, 0) is 70.4 Å². The Morgan fingerprint density at radius 2 is 1.67 bits per heavy atom. The molecule has 0 spiro atoms. The van der Waals surface area contributed by atoms with Crippen LogP contribution in [-0.4, -0.2) is 36.1 Å². The number of amides is 1. The van der Waals surface area contributed by atoms with Gasteiger partial charge in [0, 0.05) is 16.6 Å². The van der Waals surface area contributed by atoms with Crippen LogP contribution in [0.25, 0.3) is 0 Å². The molecule has 5 nitrogen and oxygen atoms in total. The van der Waals surface area contributed by atoms with Crippen LogP contribution in [0.2, 0.25) is 5.02 Å². The van der Waals surface area contributed by atoms with Crippen molar-refractivity contribution in [2.75, 3.05) is 13.1 Å². The first-order valence-corrected chi connectivity index (χ1v) is 9.21. The largest absolute Gasteiger partial charge is 0.444 e. The number of benzene rings is 1. The number of nitrogens with one attached hydrogen (secondary N) is 2. The number of ether oxygens (including phenoxy) is 1. The Balaban J connectivity index is 0.000000271. The molecule has 1 saturated heterocycles. The first-order chi connectivity index (χ1) is 12.4. The van der Waals surface area contributed by atoms with Crippen LogP contribution in [0.4, 0.5) is 13.6 Å². The van der Waals surface area contributed by atoms with Crippen molar-refractivity contribution >= 4 is 34.5 Å². The highest BCUT2D eigenvalue weighted by molar-refractivity contribution is 6.65. The van der Waals surface area contributed by atoms with Gasteiger partial charge >= 0.3 is 12.0 Å². The smallest absolute Gasteiger partial charge is 0.407 e. The molecule has 2 rings (SSSR count). The van der Waals surface area contributed by atoms with Crippen molar-refractivity contribution in [2.45, 2.75) is 51.2 Å². The molecule has 0 aromatic heterocycles. The maximum Gasteiger partial charge on any atom is 0.407 e. The van der Waals surface area contributed by atoms with Crippen LogP contribution in [0.15, 0.2) is 24.3 Å². The molecule has 0 atom stereocenters. The van der Waals surface area contributed by atoms with E-state index in [0.717, 1.165) is 38.1 Å². The van der Waals surface area contributed by atoms with Gasteiger partial charge in [0.05, 0.1) is 0 Å². The molecule has 1 heterocycles. The molecule has 0 bridgehead atoms. The first kappa shape index (κ1) is 23.6. The minimum absolute atomic E-state index is 0.270. The lowest BCUT2D eigenvalue weighted by molar-refractivity contribution is -0.135. The van der Waals surface area contributed by atoms with E-state index in [1.165, 1.54) is 12.1 Å². The van der Waals surface area contributed by atoms with E-state index < -0.39 is 22.3 Å². The fourth-order valence-electron chi connectivity index (χ4n) is 2.21. The quantitative estimate of drug-likeness (QED) is 0.702. The van der Waals surface area contributed by atoms with Gasteiger partial charge in [0.1, 0.15) is 5.60 Å². The third-order valence-electron chi connectivity index (χ3n) is 3.51. The van der Waals surface area contributed by atoms with Crippen LogP contribution in [-0.2, 0) is 15.5 Å². The molecule has 0 saturated carbocycles. The monoisotopic (exact) mass is 424 g/mol. The summed E-state index contributed by atoms with van der Waals surface area (Å²) in [4.78, 5) is 21.7. The molecule has 1 aromatic carbocycles. The predicted octanol–water partition coefficient (Wildman–Crippen LogP) is 4.46. The lowest BCUT2D eigenvalue weighted by Gasteiger charge is -2.26. The molecule has 9 heteroatoms. The number of hydrogen-bond acceptors (Lipinski definition) is 4. The summed E-state index contributed by atoms with van der Waals surface area (Å²) in [7, 11) is 0. The summed E-state index contributed by atoms with van der Waals surface area (Å²) in [5, 5.41) is 4.74. The Kier molecular flexibility index (Phi) is 8.91. The average molecular weight is 425 g/mol. The van der Waals surface area contributed by atoms with E-state index in [4.69, 9.17) is 27.9 Å². The van der Waals surface area contributed by atoms with Crippen LogP contribution in [0.5, 0.6) is 0 Å². The van der Waals surface area contributed by atoms with Crippen molar-refractivity contribution in [3.63, 3.8) is 0 Å². The molecule has 1 aliphatic heterocycles. The van der Waals surface area contributed by atoms with E-state index in [1.807, 2.05) is 20.8 Å². The lowest BCUT2D eigenvalue weighted by atomic mass is 10.1. The zero-order valence-corrected chi connectivity index (χ0v) is 17.0. The Labute approximate surface area is 167 Å². The van der Waals surface area contributed by atoms with Crippen LogP contribution < -0.4 is 10.6 Å². The summed E-state index contributed by atoms with van der Waals surface area (Å²) >= 11 is 10.2. The maximum absolute atomic E-state index is 12.9. The second kappa shape index (κ2) is 10.2. The van der Waals surface area contributed by atoms with Crippen molar-refractivity contribution in [2.24, 2.45) is 0 Å².